The monoisotopic (exact) mass is 489 g/mol. The van der Waals surface area contributed by atoms with Crippen LogP contribution in [0.3, 0.4) is 0 Å². The predicted molar refractivity (Wildman–Crippen MR) is 133 cm³/mol. The van der Waals surface area contributed by atoms with Crippen LogP contribution >= 0.6 is 0 Å². The Morgan fingerprint density at radius 1 is 1.06 bits per heavy atom. The number of allylic oxidation sites excluding steroid dienone is 2. The second-order valence-corrected chi connectivity index (χ2v) is 11.1. The van der Waals surface area contributed by atoms with E-state index in [9.17, 15) is 30.2 Å². The molecule has 0 amide bonds. The third kappa shape index (κ3) is 8.77. The van der Waals surface area contributed by atoms with Crippen molar-refractivity contribution in [3.8, 4) is 6.07 Å². The molecule has 1 aliphatic carbocycles. The molecule has 0 aromatic heterocycles. The highest BCUT2D eigenvalue weighted by Gasteiger charge is 2.39. The third-order valence-electron chi connectivity index (χ3n) is 7.80. The third-order valence-corrected chi connectivity index (χ3v) is 7.80. The molecule has 0 spiro atoms. The molecule has 196 valence electrons. The molecule has 9 atom stereocenters. The second-order valence-electron chi connectivity index (χ2n) is 11.1. The van der Waals surface area contributed by atoms with E-state index >= 15 is 0 Å². The molecule has 0 saturated heterocycles. The van der Waals surface area contributed by atoms with Crippen molar-refractivity contribution in [2.45, 2.75) is 97.4 Å². The van der Waals surface area contributed by atoms with E-state index in [0.29, 0.717) is 31.1 Å². The van der Waals surface area contributed by atoms with Gasteiger partial charge in [0.15, 0.2) is 0 Å². The van der Waals surface area contributed by atoms with Crippen LogP contribution in [0.5, 0.6) is 0 Å². The van der Waals surface area contributed by atoms with E-state index in [1.54, 1.807) is 18.2 Å². The number of cyclic esters (lactones) is 1. The van der Waals surface area contributed by atoms with Crippen LogP contribution in [0.1, 0.15) is 79.1 Å². The number of aliphatic hydroxyl groups excluding tert-OH is 2. The molecule has 7 nitrogen and oxygen atoms in total. The number of nitrogens with zero attached hydrogens (tertiary/aromatic N) is 1. The molecule has 3 N–H and O–H groups in total. The lowest BCUT2D eigenvalue weighted by Crippen LogP contribution is -2.34. The summed E-state index contributed by atoms with van der Waals surface area (Å²) in [5, 5.41) is 40.6. The highest BCUT2D eigenvalue weighted by Crippen LogP contribution is 2.37. The van der Waals surface area contributed by atoms with Gasteiger partial charge in [-0.05, 0) is 61.9 Å². The number of hydrogen-bond donors (Lipinski definition) is 3. The summed E-state index contributed by atoms with van der Waals surface area (Å²) in [5.41, 5.74) is 0.282. The Kier molecular flexibility index (Phi) is 11.5. The van der Waals surface area contributed by atoms with E-state index in [2.05, 4.69) is 19.9 Å². The van der Waals surface area contributed by atoms with Crippen LogP contribution in [-0.4, -0.2) is 45.6 Å². The predicted octanol–water partition coefficient (Wildman–Crippen LogP) is 4.64. The van der Waals surface area contributed by atoms with Crippen molar-refractivity contribution in [3.63, 3.8) is 0 Å². The average molecular weight is 490 g/mol. The summed E-state index contributed by atoms with van der Waals surface area (Å²) in [6.45, 7) is 8.16. The Morgan fingerprint density at radius 3 is 2.34 bits per heavy atom. The maximum Gasteiger partial charge on any atom is 0.308 e. The van der Waals surface area contributed by atoms with Crippen molar-refractivity contribution in [2.24, 2.45) is 35.5 Å². The van der Waals surface area contributed by atoms with Gasteiger partial charge in [-0.3, -0.25) is 9.59 Å². The van der Waals surface area contributed by atoms with Gasteiger partial charge in [-0.15, -0.1) is 0 Å². The standard InChI is InChI=1S/C28H43NO6/c1-17-12-18(2)14-20(4)27(32)21(16-29)8-5-6-11-25(22-9-7-10-23(22)28(33)34)35-26(31)15-24(30)19(3)13-17/h5-6,8,17-20,22-25,27,30,32H,7,9-15H2,1-4H3,(H,33,34)/b6-5+,21-8+/t17-,18+,19-,20-,22+,23+,24-,25-,27+/m0/s1. The lowest BCUT2D eigenvalue weighted by atomic mass is 9.82. The molecule has 0 unspecified atom stereocenters. The number of carboxylic acids is 1. The number of esters is 1. The molecular formula is C28H43NO6. The Hall–Kier alpha value is -2.17. The minimum atomic E-state index is -0.882. The van der Waals surface area contributed by atoms with Gasteiger partial charge in [-0.1, -0.05) is 46.3 Å². The first-order valence-electron chi connectivity index (χ1n) is 13.1. The van der Waals surface area contributed by atoms with Gasteiger partial charge in [0.1, 0.15) is 6.10 Å². The largest absolute Gasteiger partial charge is 0.481 e. The fourth-order valence-electron chi connectivity index (χ4n) is 5.97. The molecular weight excluding hydrogens is 446 g/mol. The van der Waals surface area contributed by atoms with Crippen molar-refractivity contribution in [1.29, 1.82) is 5.26 Å². The average Bonchev–Trinajstić information content (AvgIpc) is 3.27. The smallest absolute Gasteiger partial charge is 0.308 e. The number of aliphatic carboxylic acids is 1. The van der Waals surface area contributed by atoms with Crippen LogP contribution in [0.4, 0.5) is 0 Å². The number of rotatable bonds is 2. The maximum absolute atomic E-state index is 12.7. The Morgan fingerprint density at radius 2 is 1.71 bits per heavy atom. The Bertz CT molecular complexity index is 815. The summed E-state index contributed by atoms with van der Waals surface area (Å²) in [4.78, 5) is 24.5. The van der Waals surface area contributed by atoms with E-state index in [0.717, 1.165) is 25.7 Å². The first-order valence-corrected chi connectivity index (χ1v) is 13.1. The van der Waals surface area contributed by atoms with Crippen LogP contribution in [0.2, 0.25) is 0 Å². The highest BCUT2D eigenvalue weighted by molar-refractivity contribution is 5.72. The first kappa shape index (κ1) is 29.1. The molecule has 2 aliphatic rings. The van der Waals surface area contributed by atoms with E-state index in [4.69, 9.17) is 4.74 Å². The van der Waals surface area contributed by atoms with Gasteiger partial charge in [0.05, 0.1) is 36.2 Å². The normalized spacial score (nSPS) is 40.9. The molecule has 1 saturated carbocycles. The molecule has 0 radical (unpaired) electrons. The lowest BCUT2D eigenvalue weighted by Gasteiger charge is -2.28. The van der Waals surface area contributed by atoms with E-state index in [-0.39, 0.29) is 29.7 Å². The zero-order valence-corrected chi connectivity index (χ0v) is 21.6. The molecule has 7 heteroatoms. The van der Waals surface area contributed by atoms with Gasteiger partial charge in [0.25, 0.3) is 0 Å². The Balaban J connectivity index is 2.30. The SMILES string of the molecule is C[C@@H]1C[C@H](C)C[C@H](C)[C@@H](O)CC(=O)O[C@H]([C@@H]2CCC[C@H]2C(=O)O)C/C=C/C=C(\C#N)[C@H](O)[C@@H](C)C1. The summed E-state index contributed by atoms with van der Waals surface area (Å²) in [7, 11) is 0. The number of carboxylic acid groups (broad SMARTS) is 1. The summed E-state index contributed by atoms with van der Waals surface area (Å²) in [6, 6.07) is 2.10. The van der Waals surface area contributed by atoms with Gasteiger partial charge in [0, 0.05) is 12.3 Å². The van der Waals surface area contributed by atoms with E-state index < -0.39 is 36.2 Å². The van der Waals surface area contributed by atoms with Gasteiger partial charge in [-0.25, -0.2) is 0 Å². The van der Waals surface area contributed by atoms with Crippen molar-refractivity contribution in [2.75, 3.05) is 0 Å². The number of aliphatic hydroxyl groups is 2. The molecule has 1 heterocycles. The van der Waals surface area contributed by atoms with E-state index in [1.165, 1.54) is 0 Å². The molecule has 1 aliphatic heterocycles. The molecule has 35 heavy (non-hydrogen) atoms. The molecule has 0 aromatic rings. The number of ether oxygens (including phenoxy) is 1. The zero-order valence-electron chi connectivity index (χ0n) is 21.6. The van der Waals surface area contributed by atoms with Crippen LogP contribution in [0.25, 0.3) is 0 Å². The van der Waals surface area contributed by atoms with Crippen molar-refractivity contribution in [1.82, 2.24) is 0 Å². The summed E-state index contributed by atoms with van der Waals surface area (Å²) < 4.78 is 5.77. The fraction of sp³-hybridized carbons (Fsp3) is 0.750. The quantitative estimate of drug-likeness (QED) is 0.482. The molecule has 0 bridgehead atoms. The summed E-state index contributed by atoms with van der Waals surface area (Å²) >= 11 is 0. The van der Waals surface area contributed by atoms with Crippen LogP contribution in [0.15, 0.2) is 23.8 Å². The Labute approximate surface area is 209 Å². The second kappa shape index (κ2) is 13.8. The number of carbonyl (C=O) groups excluding carboxylic acids is 1. The van der Waals surface area contributed by atoms with Crippen molar-refractivity contribution >= 4 is 11.9 Å². The number of nitriles is 1. The van der Waals surface area contributed by atoms with Crippen molar-refractivity contribution < 1.29 is 29.6 Å². The summed E-state index contributed by atoms with van der Waals surface area (Å²) in [5.74, 6) is -1.77. The van der Waals surface area contributed by atoms with Gasteiger partial charge < -0.3 is 20.1 Å². The van der Waals surface area contributed by atoms with Crippen molar-refractivity contribution in [3.05, 3.63) is 23.8 Å². The summed E-state index contributed by atoms with van der Waals surface area (Å²) in [6.07, 6.45) is 7.33. The lowest BCUT2D eigenvalue weighted by molar-refractivity contribution is -0.159. The van der Waals surface area contributed by atoms with Crippen LogP contribution in [0, 0.1) is 46.8 Å². The molecule has 2 rings (SSSR count). The van der Waals surface area contributed by atoms with Gasteiger partial charge in [-0.2, -0.15) is 5.26 Å². The fourth-order valence-corrected chi connectivity index (χ4v) is 5.97. The highest BCUT2D eigenvalue weighted by atomic mass is 16.5. The van der Waals surface area contributed by atoms with E-state index in [1.807, 2.05) is 13.8 Å². The van der Waals surface area contributed by atoms with Gasteiger partial charge >= 0.3 is 11.9 Å². The minimum absolute atomic E-state index is 0.0816. The van der Waals surface area contributed by atoms with Gasteiger partial charge in [0.2, 0.25) is 0 Å². The zero-order chi connectivity index (χ0) is 26.1. The minimum Gasteiger partial charge on any atom is -0.481 e. The molecule has 1 fully saturated rings. The first-order chi connectivity index (χ1) is 16.5. The van der Waals surface area contributed by atoms with Crippen LogP contribution in [-0.2, 0) is 14.3 Å². The van der Waals surface area contributed by atoms with Crippen LogP contribution < -0.4 is 0 Å². The topological polar surface area (TPSA) is 128 Å². The molecule has 0 aromatic carbocycles. The number of hydrogen-bond acceptors (Lipinski definition) is 6. The number of carbonyl (C=O) groups is 2. The maximum atomic E-state index is 12.7.